The van der Waals surface area contributed by atoms with Crippen LogP contribution in [-0.2, 0) is 20.4 Å². The van der Waals surface area contributed by atoms with Crippen LogP contribution in [0.4, 0.5) is 0 Å². The van der Waals surface area contributed by atoms with E-state index in [1.54, 1.807) is 0 Å². The summed E-state index contributed by atoms with van der Waals surface area (Å²) in [6, 6.07) is 0. The van der Waals surface area contributed by atoms with E-state index in [9.17, 15) is 0 Å². The van der Waals surface area contributed by atoms with E-state index >= 15 is 0 Å². The smallest absolute Gasteiger partial charge is 0.109 e. The van der Waals surface area contributed by atoms with Gasteiger partial charge in [0.05, 0.1) is 0 Å². The SMILES string of the molecule is O=[C]=[Mn].[C-]1=CC=CC1.[CH3-]. The Morgan fingerprint density at radius 1 is 1.67 bits per heavy atom. The zero-order chi connectivity index (χ0) is 6.24. The van der Waals surface area contributed by atoms with Crippen LogP contribution < -0.4 is 0 Å². The molecule has 0 aromatic rings. The van der Waals surface area contributed by atoms with Crippen molar-refractivity contribution in [2.45, 2.75) is 6.42 Å². The van der Waals surface area contributed by atoms with Crippen LogP contribution in [0.2, 0.25) is 0 Å². The normalized spacial score (nSPS) is 10.7. The molecule has 51 valence electrons. The molecule has 9 heavy (non-hydrogen) atoms. The molecule has 0 spiro atoms. The second-order valence-corrected chi connectivity index (χ2v) is 1.32. The molecule has 0 bridgehead atoms. The molecule has 0 saturated heterocycles. The van der Waals surface area contributed by atoms with Crippen LogP contribution in [0.15, 0.2) is 18.2 Å². The van der Waals surface area contributed by atoms with Gasteiger partial charge in [-0.25, -0.2) is 12.2 Å². The van der Waals surface area contributed by atoms with Crippen molar-refractivity contribution in [2.24, 2.45) is 0 Å². The largest absolute Gasteiger partial charge is 0.358 e. The number of carbonyl (C=O) groups excluding carboxylic acids is 1. The Bertz CT molecular complexity index is 120. The third kappa shape index (κ3) is 11.3. The first-order valence-corrected chi connectivity index (χ1v) is 2.70. The van der Waals surface area contributed by atoms with Crippen LogP contribution in [0, 0.1) is 13.5 Å². The molecule has 1 nitrogen and oxygen atoms in total. The molecule has 0 atom stereocenters. The van der Waals surface area contributed by atoms with Gasteiger partial charge in [-0.05, 0) is 0 Å². The maximum atomic E-state index is 8.60. The molecule has 2 heteroatoms. The van der Waals surface area contributed by atoms with Crippen molar-refractivity contribution in [3.05, 3.63) is 31.7 Å². The average molecular weight is 163 g/mol. The number of hydrogen-bond donors (Lipinski definition) is 0. The molecule has 0 aromatic heterocycles. The molecule has 0 radical (unpaired) electrons. The zero-order valence-corrected chi connectivity index (χ0v) is 6.41. The van der Waals surface area contributed by atoms with Gasteiger partial charge in [0.25, 0.3) is 0 Å². The molecule has 0 unspecified atom stereocenters. The third-order valence-corrected chi connectivity index (χ3v) is 0.586. The van der Waals surface area contributed by atoms with Crippen LogP contribution in [0.1, 0.15) is 6.42 Å². The second-order valence-electron chi connectivity index (χ2n) is 1.08. The molecule has 0 saturated carbocycles. The van der Waals surface area contributed by atoms with Crippen LogP contribution in [-0.4, -0.2) is 4.79 Å². The monoisotopic (exact) mass is 163 g/mol. The Morgan fingerprint density at radius 3 is 2.33 bits per heavy atom. The Balaban J connectivity index is 0. The van der Waals surface area contributed by atoms with Crippen molar-refractivity contribution in [1.82, 2.24) is 0 Å². The predicted molar refractivity (Wildman–Crippen MR) is 33.7 cm³/mol. The summed E-state index contributed by atoms with van der Waals surface area (Å²) >= 11 is 2.34. The van der Waals surface area contributed by atoms with Gasteiger partial charge in [-0.15, -0.1) is 6.42 Å². The molecule has 1 aliphatic carbocycles. The topological polar surface area (TPSA) is 17.1 Å². The summed E-state index contributed by atoms with van der Waals surface area (Å²) in [6.07, 6.45) is 10.0. The van der Waals surface area contributed by atoms with Crippen LogP contribution >= 0.6 is 0 Å². The molecular formula is C7H8MnO-2. The predicted octanol–water partition coefficient (Wildman–Crippen LogP) is 1.36. The van der Waals surface area contributed by atoms with E-state index in [0.29, 0.717) is 0 Å². The van der Waals surface area contributed by atoms with Gasteiger partial charge in [0.15, 0.2) is 0 Å². The van der Waals surface area contributed by atoms with E-state index < -0.39 is 0 Å². The van der Waals surface area contributed by atoms with Gasteiger partial charge in [-0.1, -0.05) is 0 Å². The van der Waals surface area contributed by atoms with E-state index in [1.807, 2.05) is 12.2 Å². The van der Waals surface area contributed by atoms with Crippen LogP contribution in [0.25, 0.3) is 0 Å². The molecule has 0 aliphatic heterocycles. The Morgan fingerprint density at radius 2 is 2.22 bits per heavy atom. The van der Waals surface area contributed by atoms with Gasteiger partial charge in [0, 0.05) is 0 Å². The van der Waals surface area contributed by atoms with E-state index in [-0.39, 0.29) is 7.43 Å². The standard InChI is InChI=1S/C5H5.CO.CH3.Mn/c1-2-4-5-3-1;1-2;;/h1-3H,4H2;;1H3;/q-1;;-1;. The number of allylic oxidation sites excluding steroid dienone is 4. The van der Waals surface area contributed by atoms with Crippen molar-refractivity contribution in [2.75, 3.05) is 0 Å². The van der Waals surface area contributed by atoms with Gasteiger partial charge >= 0.3 is 25.2 Å². The van der Waals surface area contributed by atoms with Gasteiger partial charge in [0.1, 0.15) is 0 Å². The van der Waals surface area contributed by atoms with E-state index in [0.717, 1.165) is 6.42 Å². The van der Waals surface area contributed by atoms with E-state index in [4.69, 9.17) is 4.79 Å². The van der Waals surface area contributed by atoms with E-state index in [2.05, 4.69) is 27.7 Å². The minimum atomic E-state index is 0. The first-order valence-electron chi connectivity index (χ1n) is 2.11. The van der Waals surface area contributed by atoms with Gasteiger partial charge < -0.3 is 7.43 Å². The Kier molecular flexibility index (Phi) is 13.3. The van der Waals surface area contributed by atoms with Crippen molar-refractivity contribution in [3.63, 3.8) is 0 Å². The fourth-order valence-corrected chi connectivity index (χ4v) is 0.340. The first kappa shape index (κ1) is 11.4. The summed E-state index contributed by atoms with van der Waals surface area (Å²) < 4.78 is 0. The second kappa shape index (κ2) is 10.5. The zero-order valence-electron chi connectivity index (χ0n) is 5.23. The summed E-state index contributed by atoms with van der Waals surface area (Å²) in [4.78, 5) is 9.91. The van der Waals surface area contributed by atoms with Gasteiger partial charge in [-0.2, -0.15) is 6.08 Å². The fourth-order valence-electron chi connectivity index (χ4n) is 0.340. The van der Waals surface area contributed by atoms with Gasteiger partial charge in [0.2, 0.25) is 0 Å². The van der Waals surface area contributed by atoms with Crippen molar-refractivity contribution in [1.29, 1.82) is 0 Å². The molecule has 0 amide bonds. The maximum absolute atomic E-state index is 8.60. The Hall–Kier alpha value is -0.421. The molecular weight excluding hydrogens is 155 g/mol. The molecule has 0 heterocycles. The molecule has 1 aliphatic rings. The third-order valence-electron chi connectivity index (χ3n) is 0.586. The maximum Gasteiger partial charge on any atom is -0.109 e. The molecule has 1 rings (SSSR count). The minimum Gasteiger partial charge on any atom is -0.358 e. The van der Waals surface area contributed by atoms with Gasteiger partial charge in [-0.3, -0.25) is 6.08 Å². The number of hydrogen-bond acceptors (Lipinski definition) is 1. The molecule has 0 aromatic carbocycles. The minimum absolute atomic E-state index is 0. The van der Waals surface area contributed by atoms with Crippen molar-refractivity contribution >= 4 is 4.79 Å². The number of rotatable bonds is 0. The molecule has 0 fully saturated rings. The summed E-state index contributed by atoms with van der Waals surface area (Å²) in [5, 5.41) is 0. The Labute approximate surface area is 63.8 Å². The quantitative estimate of drug-likeness (QED) is 0.389. The fraction of sp³-hybridized carbons (Fsp3) is 0.143. The summed E-state index contributed by atoms with van der Waals surface area (Å²) in [7, 11) is 0. The summed E-state index contributed by atoms with van der Waals surface area (Å²) in [5.41, 5.74) is 0. The van der Waals surface area contributed by atoms with Crippen LogP contribution in [0.3, 0.4) is 0 Å². The van der Waals surface area contributed by atoms with Crippen molar-refractivity contribution in [3.8, 4) is 0 Å². The average Bonchev–Trinajstić information content (AvgIpc) is 2.17. The summed E-state index contributed by atoms with van der Waals surface area (Å²) in [6.45, 7) is 0. The first-order chi connectivity index (χ1) is 3.91. The van der Waals surface area contributed by atoms with Crippen LogP contribution in [0.5, 0.6) is 0 Å². The van der Waals surface area contributed by atoms with Crippen molar-refractivity contribution < 1.29 is 20.4 Å². The summed E-state index contributed by atoms with van der Waals surface area (Å²) in [5.74, 6) is 0. The van der Waals surface area contributed by atoms with E-state index in [1.165, 1.54) is 4.79 Å². The molecule has 0 N–H and O–H groups in total.